The van der Waals surface area contributed by atoms with Crippen molar-refractivity contribution >= 4 is 0 Å². The summed E-state index contributed by atoms with van der Waals surface area (Å²) >= 11 is 0. The highest BCUT2D eigenvalue weighted by Crippen LogP contribution is 2.39. The third-order valence-electron chi connectivity index (χ3n) is 4.06. The molecule has 3 heteroatoms. The van der Waals surface area contributed by atoms with E-state index < -0.39 is 0 Å². The van der Waals surface area contributed by atoms with Crippen LogP contribution in [0.1, 0.15) is 32.6 Å². The monoisotopic (exact) mass is 242 g/mol. The average molecular weight is 242 g/mol. The van der Waals surface area contributed by atoms with Gasteiger partial charge in [0.05, 0.1) is 0 Å². The van der Waals surface area contributed by atoms with Crippen LogP contribution in [0, 0.1) is 11.3 Å². The number of hydrogen-bond acceptors (Lipinski definition) is 3. The van der Waals surface area contributed by atoms with Gasteiger partial charge >= 0.3 is 0 Å². The third kappa shape index (κ3) is 4.94. The molecular weight excluding hydrogens is 212 g/mol. The van der Waals surface area contributed by atoms with Gasteiger partial charge in [0.25, 0.3) is 0 Å². The molecular formula is C14H30N2O. The lowest BCUT2D eigenvalue weighted by Crippen LogP contribution is -2.43. The maximum atomic E-state index is 9.75. The molecule has 0 radical (unpaired) electrons. The largest absolute Gasteiger partial charge is 0.396 e. The predicted molar refractivity (Wildman–Crippen MR) is 73.2 cm³/mol. The summed E-state index contributed by atoms with van der Waals surface area (Å²) in [5.41, 5.74) is 0.165. The van der Waals surface area contributed by atoms with Crippen molar-refractivity contribution in [3.8, 4) is 0 Å². The summed E-state index contributed by atoms with van der Waals surface area (Å²) in [6, 6.07) is 0. The highest BCUT2D eigenvalue weighted by molar-refractivity contribution is 4.87. The Morgan fingerprint density at radius 1 is 1.24 bits per heavy atom. The number of aliphatic hydroxyl groups is 1. The number of aliphatic hydroxyl groups excluding tert-OH is 1. The van der Waals surface area contributed by atoms with E-state index in [1.807, 2.05) is 0 Å². The normalized spacial score (nSPS) is 30.2. The summed E-state index contributed by atoms with van der Waals surface area (Å²) in [5, 5.41) is 9.75. The Hall–Kier alpha value is -0.120. The van der Waals surface area contributed by atoms with Crippen molar-refractivity contribution in [2.24, 2.45) is 11.3 Å². The molecule has 1 N–H and O–H groups in total. The molecule has 1 rings (SSSR count). The van der Waals surface area contributed by atoms with Crippen LogP contribution in [-0.2, 0) is 0 Å². The van der Waals surface area contributed by atoms with E-state index in [0.717, 1.165) is 25.6 Å². The van der Waals surface area contributed by atoms with Crippen LogP contribution in [0.2, 0.25) is 0 Å². The fourth-order valence-electron chi connectivity index (χ4n) is 3.13. The minimum absolute atomic E-state index is 0.165. The van der Waals surface area contributed by atoms with Crippen LogP contribution in [0.5, 0.6) is 0 Å². The highest BCUT2D eigenvalue weighted by atomic mass is 16.3. The number of likely N-dealkylation sites (N-methyl/N-ethyl adjacent to an activating group) is 2. The van der Waals surface area contributed by atoms with Gasteiger partial charge in [0.2, 0.25) is 0 Å². The van der Waals surface area contributed by atoms with Crippen molar-refractivity contribution < 1.29 is 5.11 Å². The first-order chi connectivity index (χ1) is 7.97. The Morgan fingerprint density at radius 2 is 1.94 bits per heavy atom. The van der Waals surface area contributed by atoms with Crippen molar-refractivity contribution in [1.82, 2.24) is 9.80 Å². The molecule has 2 atom stereocenters. The maximum Gasteiger partial charge on any atom is 0.0499 e. The molecule has 1 aliphatic rings. The molecule has 102 valence electrons. The van der Waals surface area contributed by atoms with Crippen LogP contribution in [0.3, 0.4) is 0 Å². The van der Waals surface area contributed by atoms with Gasteiger partial charge in [0, 0.05) is 31.7 Å². The molecule has 17 heavy (non-hydrogen) atoms. The third-order valence-corrected chi connectivity index (χ3v) is 4.06. The maximum absolute atomic E-state index is 9.75. The second-order valence-corrected chi connectivity index (χ2v) is 6.40. The van der Waals surface area contributed by atoms with Gasteiger partial charge in [-0.3, -0.25) is 0 Å². The molecule has 2 unspecified atom stereocenters. The van der Waals surface area contributed by atoms with Gasteiger partial charge in [-0.2, -0.15) is 0 Å². The van der Waals surface area contributed by atoms with E-state index in [2.05, 4.69) is 37.9 Å². The van der Waals surface area contributed by atoms with Crippen LogP contribution in [0.15, 0.2) is 0 Å². The van der Waals surface area contributed by atoms with Gasteiger partial charge in [0.1, 0.15) is 0 Å². The van der Waals surface area contributed by atoms with E-state index in [0.29, 0.717) is 6.61 Å². The molecule has 1 saturated carbocycles. The Morgan fingerprint density at radius 3 is 2.47 bits per heavy atom. The molecule has 0 heterocycles. The van der Waals surface area contributed by atoms with E-state index in [1.54, 1.807) is 0 Å². The van der Waals surface area contributed by atoms with Crippen LogP contribution < -0.4 is 0 Å². The van der Waals surface area contributed by atoms with Gasteiger partial charge in [0.15, 0.2) is 0 Å². The second-order valence-electron chi connectivity index (χ2n) is 6.40. The lowest BCUT2D eigenvalue weighted by molar-refractivity contribution is 0.0297. The first-order valence-corrected chi connectivity index (χ1v) is 6.91. The van der Waals surface area contributed by atoms with Gasteiger partial charge in [-0.1, -0.05) is 19.8 Å². The van der Waals surface area contributed by atoms with Crippen LogP contribution in [0.4, 0.5) is 0 Å². The van der Waals surface area contributed by atoms with E-state index in [1.165, 1.54) is 25.7 Å². The van der Waals surface area contributed by atoms with Crippen LogP contribution in [0.25, 0.3) is 0 Å². The first-order valence-electron chi connectivity index (χ1n) is 6.91. The zero-order valence-corrected chi connectivity index (χ0v) is 12.1. The van der Waals surface area contributed by atoms with E-state index in [4.69, 9.17) is 0 Å². The fraction of sp³-hybridized carbons (Fsp3) is 1.00. The van der Waals surface area contributed by atoms with Crippen LogP contribution in [-0.4, -0.2) is 62.3 Å². The molecule has 1 fully saturated rings. The molecule has 0 saturated heterocycles. The summed E-state index contributed by atoms with van der Waals surface area (Å²) < 4.78 is 0. The molecule has 0 aliphatic heterocycles. The predicted octanol–water partition coefficient (Wildman–Crippen LogP) is 1.67. The molecule has 0 spiro atoms. The summed E-state index contributed by atoms with van der Waals surface area (Å²) in [6.07, 6.45) is 5.00. The summed E-state index contributed by atoms with van der Waals surface area (Å²) in [6.45, 7) is 5.89. The molecule has 1 aliphatic carbocycles. The van der Waals surface area contributed by atoms with Gasteiger partial charge in [-0.25, -0.2) is 0 Å². The molecule has 0 bridgehead atoms. The first kappa shape index (κ1) is 14.9. The van der Waals surface area contributed by atoms with Crippen LogP contribution >= 0.6 is 0 Å². The average Bonchev–Trinajstić information content (AvgIpc) is 2.26. The summed E-state index contributed by atoms with van der Waals surface area (Å²) in [7, 11) is 6.40. The smallest absolute Gasteiger partial charge is 0.0499 e. The Labute approximate surface area is 107 Å². The van der Waals surface area contributed by atoms with Gasteiger partial charge in [-0.15, -0.1) is 0 Å². The van der Waals surface area contributed by atoms with Crippen molar-refractivity contribution in [3.05, 3.63) is 0 Å². The zero-order chi connectivity index (χ0) is 12.9. The molecule has 3 nitrogen and oxygen atoms in total. The fourth-order valence-corrected chi connectivity index (χ4v) is 3.13. The summed E-state index contributed by atoms with van der Waals surface area (Å²) in [4.78, 5) is 4.60. The van der Waals surface area contributed by atoms with E-state index in [-0.39, 0.29) is 5.41 Å². The standard InChI is InChI=1S/C14H30N2O/c1-13-6-5-7-14(10-13,12-17)11-16(4)9-8-15(2)3/h13,17H,5-12H2,1-4H3. The van der Waals surface area contributed by atoms with Crippen molar-refractivity contribution in [1.29, 1.82) is 0 Å². The Bertz CT molecular complexity index is 220. The lowest BCUT2D eigenvalue weighted by atomic mass is 9.70. The quantitative estimate of drug-likeness (QED) is 0.767. The zero-order valence-electron chi connectivity index (χ0n) is 12.1. The van der Waals surface area contributed by atoms with E-state index >= 15 is 0 Å². The second kappa shape index (κ2) is 6.72. The lowest BCUT2D eigenvalue weighted by Gasteiger charge is -2.41. The minimum atomic E-state index is 0.165. The van der Waals surface area contributed by atoms with Crippen molar-refractivity contribution in [2.45, 2.75) is 32.6 Å². The van der Waals surface area contributed by atoms with Crippen molar-refractivity contribution in [2.75, 3.05) is 47.4 Å². The van der Waals surface area contributed by atoms with E-state index in [9.17, 15) is 5.11 Å². The van der Waals surface area contributed by atoms with Gasteiger partial charge < -0.3 is 14.9 Å². The number of nitrogens with zero attached hydrogens (tertiary/aromatic N) is 2. The Kier molecular flexibility index (Phi) is 5.90. The topological polar surface area (TPSA) is 26.7 Å². The summed E-state index contributed by atoms with van der Waals surface area (Å²) in [5.74, 6) is 0.776. The molecule has 0 aromatic heterocycles. The van der Waals surface area contributed by atoms with Crippen molar-refractivity contribution in [3.63, 3.8) is 0 Å². The number of hydrogen-bond donors (Lipinski definition) is 1. The minimum Gasteiger partial charge on any atom is -0.396 e. The number of rotatable bonds is 6. The SMILES string of the molecule is CC1CCCC(CO)(CN(C)CCN(C)C)C1. The molecule has 0 aromatic rings. The highest BCUT2D eigenvalue weighted by Gasteiger charge is 2.35. The molecule has 0 aromatic carbocycles. The Balaban J connectivity index is 2.44. The van der Waals surface area contributed by atoms with Gasteiger partial charge in [-0.05, 0) is 39.9 Å². The molecule has 0 amide bonds.